The Morgan fingerprint density at radius 2 is 2.18 bits per heavy atom. The minimum Gasteiger partial charge on any atom is -0.475 e. The summed E-state index contributed by atoms with van der Waals surface area (Å²) in [6.07, 6.45) is 5.26. The molecule has 2 aliphatic heterocycles. The van der Waals surface area contributed by atoms with Crippen molar-refractivity contribution in [2.45, 2.75) is 45.8 Å². The monoisotopic (exact) mass is 466 g/mol. The normalized spacial score (nSPS) is 17.9. The van der Waals surface area contributed by atoms with E-state index in [1.54, 1.807) is 23.4 Å². The Bertz CT molecular complexity index is 1230. The zero-order valence-electron chi connectivity index (χ0n) is 18.8. The van der Waals surface area contributed by atoms with Crippen LogP contribution in [0.5, 0.6) is 5.88 Å². The largest absolute Gasteiger partial charge is 0.475 e. The van der Waals surface area contributed by atoms with Crippen LogP contribution in [0.2, 0.25) is 0 Å². The van der Waals surface area contributed by atoms with E-state index in [4.69, 9.17) is 4.74 Å². The highest BCUT2D eigenvalue weighted by molar-refractivity contribution is 7.21. The maximum atomic E-state index is 13.3. The molecule has 9 nitrogen and oxygen atoms in total. The van der Waals surface area contributed by atoms with E-state index < -0.39 is 0 Å². The van der Waals surface area contributed by atoms with Crippen LogP contribution in [0.25, 0.3) is 10.2 Å². The average Bonchev–Trinajstić information content (AvgIpc) is 3.15. The summed E-state index contributed by atoms with van der Waals surface area (Å²) in [5.74, 6) is 0.324. The van der Waals surface area contributed by atoms with Gasteiger partial charge in [-0.1, -0.05) is 0 Å². The molecule has 33 heavy (non-hydrogen) atoms. The van der Waals surface area contributed by atoms with Gasteiger partial charge in [0, 0.05) is 24.8 Å². The Balaban J connectivity index is 1.53. The van der Waals surface area contributed by atoms with Crippen molar-refractivity contribution < 1.29 is 14.3 Å². The molecule has 0 radical (unpaired) electrons. The Morgan fingerprint density at radius 3 is 2.91 bits per heavy atom. The number of carbonyl (C=O) groups is 2. The van der Waals surface area contributed by atoms with Crippen LogP contribution in [0.4, 0.5) is 21.9 Å². The first-order valence-corrected chi connectivity index (χ1v) is 11.9. The number of rotatable bonds is 5. The smallest absolute Gasteiger partial charge is 0.331 e. The predicted molar refractivity (Wildman–Crippen MR) is 129 cm³/mol. The molecule has 1 unspecified atom stereocenters. The Kier molecular flexibility index (Phi) is 5.63. The molecule has 0 aromatic carbocycles. The highest BCUT2D eigenvalue weighted by Crippen LogP contribution is 2.46. The lowest BCUT2D eigenvalue weighted by molar-refractivity contribution is 0.0935. The highest BCUT2D eigenvalue weighted by Gasteiger charge is 2.34. The van der Waals surface area contributed by atoms with Gasteiger partial charge in [-0.15, -0.1) is 11.3 Å². The fraction of sp³-hybridized carbons (Fsp3) is 0.391. The van der Waals surface area contributed by atoms with Crippen LogP contribution in [-0.4, -0.2) is 47.1 Å². The summed E-state index contributed by atoms with van der Waals surface area (Å²) >= 11 is 1.29. The van der Waals surface area contributed by atoms with Crippen LogP contribution in [0, 0.1) is 6.92 Å². The van der Waals surface area contributed by atoms with Crippen molar-refractivity contribution in [2.75, 3.05) is 23.3 Å². The SMILES string of the molecule is Cc1cc(OC(C)C)ncc1N1C(=O)Nc2c(C(=O)NC3CCCNC3)sc3nccc1c23. The topological polar surface area (TPSA) is 108 Å². The fourth-order valence-corrected chi connectivity index (χ4v) is 5.29. The number of hydrogen-bond acceptors (Lipinski definition) is 7. The van der Waals surface area contributed by atoms with Gasteiger partial charge in [0.1, 0.15) is 9.71 Å². The molecule has 0 aliphatic carbocycles. The number of nitrogens with zero attached hydrogens (tertiary/aromatic N) is 3. The molecule has 5 heterocycles. The van der Waals surface area contributed by atoms with Crippen molar-refractivity contribution in [3.05, 3.63) is 35.0 Å². The molecule has 0 spiro atoms. The lowest BCUT2D eigenvalue weighted by Gasteiger charge is -2.29. The first-order chi connectivity index (χ1) is 15.9. The van der Waals surface area contributed by atoms with E-state index in [1.165, 1.54) is 11.3 Å². The van der Waals surface area contributed by atoms with Crippen molar-refractivity contribution in [2.24, 2.45) is 0 Å². The third kappa shape index (κ3) is 4.00. The molecule has 1 saturated heterocycles. The van der Waals surface area contributed by atoms with E-state index in [1.807, 2.05) is 26.8 Å². The maximum absolute atomic E-state index is 13.3. The van der Waals surface area contributed by atoms with Crippen molar-refractivity contribution in [3.63, 3.8) is 0 Å². The van der Waals surface area contributed by atoms with Crippen LogP contribution in [-0.2, 0) is 0 Å². The molecule has 5 rings (SSSR count). The van der Waals surface area contributed by atoms with Gasteiger partial charge < -0.3 is 20.7 Å². The van der Waals surface area contributed by atoms with Gasteiger partial charge in [-0.2, -0.15) is 0 Å². The summed E-state index contributed by atoms with van der Waals surface area (Å²) in [4.78, 5) is 38.0. The van der Waals surface area contributed by atoms with Crippen LogP contribution in [0.3, 0.4) is 0 Å². The van der Waals surface area contributed by atoms with E-state index in [2.05, 4.69) is 25.9 Å². The number of hydrogen-bond donors (Lipinski definition) is 3. The van der Waals surface area contributed by atoms with Gasteiger partial charge >= 0.3 is 6.03 Å². The summed E-state index contributed by atoms with van der Waals surface area (Å²) in [5.41, 5.74) is 2.69. The quantitative estimate of drug-likeness (QED) is 0.525. The van der Waals surface area contributed by atoms with Gasteiger partial charge in [0.05, 0.1) is 34.7 Å². The molecule has 3 amide bonds. The molecule has 172 valence electrons. The number of ether oxygens (including phenoxy) is 1. The third-order valence-corrected chi connectivity index (χ3v) is 6.84. The van der Waals surface area contributed by atoms with Gasteiger partial charge in [0.25, 0.3) is 5.91 Å². The van der Waals surface area contributed by atoms with E-state index >= 15 is 0 Å². The average molecular weight is 467 g/mol. The minimum atomic E-state index is -0.343. The third-order valence-electron chi connectivity index (χ3n) is 5.74. The number of urea groups is 1. The van der Waals surface area contributed by atoms with E-state index in [0.717, 1.165) is 36.9 Å². The molecule has 3 N–H and O–H groups in total. The molecule has 3 aromatic rings. The van der Waals surface area contributed by atoms with Crippen molar-refractivity contribution in [1.29, 1.82) is 0 Å². The molecule has 0 saturated carbocycles. The standard InChI is InChI=1S/C23H26N6O3S/c1-12(2)32-17-9-13(3)16(11-26-17)29-15-6-8-25-22-18(15)19(28-23(29)31)20(33-22)21(30)27-14-5-4-7-24-10-14/h6,8-9,11-12,14,24H,4-5,7,10H2,1-3H3,(H,27,30)(H,28,31). The molecule has 0 bridgehead atoms. The van der Waals surface area contributed by atoms with E-state index in [0.29, 0.717) is 32.6 Å². The highest BCUT2D eigenvalue weighted by atomic mass is 32.1. The zero-order chi connectivity index (χ0) is 23.1. The first kappa shape index (κ1) is 21.6. The predicted octanol–water partition coefficient (Wildman–Crippen LogP) is 3.95. The Morgan fingerprint density at radius 1 is 1.33 bits per heavy atom. The van der Waals surface area contributed by atoms with Crippen LogP contribution in [0.15, 0.2) is 24.5 Å². The second-order valence-corrected chi connectivity index (χ2v) is 9.57. The summed E-state index contributed by atoms with van der Waals surface area (Å²) in [5, 5.41) is 10.1. The molecular formula is C23H26N6O3S. The number of aryl methyl sites for hydroxylation is 1. The Hall–Kier alpha value is -3.24. The van der Waals surface area contributed by atoms with Gasteiger partial charge in [0.2, 0.25) is 5.88 Å². The van der Waals surface area contributed by atoms with Crippen molar-refractivity contribution in [3.8, 4) is 5.88 Å². The number of anilines is 3. The van der Waals surface area contributed by atoms with Gasteiger partial charge in [0.15, 0.2) is 0 Å². The summed E-state index contributed by atoms with van der Waals surface area (Å²) in [7, 11) is 0. The number of pyridine rings is 2. The van der Waals surface area contributed by atoms with Crippen LogP contribution >= 0.6 is 11.3 Å². The van der Waals surface area contributed by atoms with E-state index in [-0.39, 0.29) is 24.1 Å². The van der Waals surface area contributed by atoms with Gasteiger partial charge in [-0.05, 0) is 51.8 Å². The first-order valence-electron chi connectivity index (χ1n) is 11.1. The summed E-state index contributed by atoms with van der Waals surface area (Å²) in [6.45, 7) is 7.51. The summed E-state index contributed by atoms with van der Waals surface area (Å²) in [6, 6.07) is 3.35. The Labute approximate surface area is 195 Å². The molecule has 1 atom stereocenters. The summed E-state index contributed by atoms with van der Waals surface area (Å²) < 4.78 is 5.68. The van der Waals surface area contributed by atoms with Gasteiger partial charge in [-0.3, -0.25) is 9.69 Å². The molecule has 1 fully saturated rings. The fourth-order valence-electron chi connectivity index (χ4n) is 4.27. The van der Waals surface area contributed by atoms with E-state index in [9.17, 15) is 9.59 Å². The maximum Gasteiger partial charge on any atom is 0.331 e. The molecule has 3 aromatic heterocycles. The lowest BCUT2D eigenvalue weighted by Crippen LogP contribution is -2.45. The number of thiophene rings is 1. The minimum absolute atomic E-state index is 0.00295. The number of amides is 3. The number of carbonyl (C=O) groups excluding carboxylic acids is 2. The molecular weight excluding hydrogens is 440 g/mol. The second-order valence-electron chi connectivity index (χ2n) is 8.57. The lowest BCUT2D eigenvalue weighted by atomic mass is 10.1. The number of aromatic nitrogens is 2. The number of nitrogens with one attached hydrogen (secondary N) is 3. The van der Waals surface area contributed by atoms with Crippen molar-refractivity contribution >= 4 is 50.6 Å². The zero-order valence-corrected chi connectivity index (χ0v) is 19.6. The van der Waals surface area contributed by atoms with Crippen LogP contribution < -0.4 is 25.6 Å². The molecule has 2 aliphatic rings. The van der Waals surface area contributed by atoms with Crippen LogP contribution in [0.1, 0.15) is 41.9 Å². The number of piperidine rings is 1. The second kappa shape index (κ2) is 8.60. The van der Waals surface area contributed by atoms with Gasteiger partial charge in [-0.25, -0.2) is 14.8 Å². The molecule has 10 heteroatoms. The van der Waals surface area contributed by atoms with Crippen molar-refractivity contribution in [1.82, 2.24) is 20.6 Å².